The van der Waals surface area contributed by atoms with Gasteiger partial charge in [-0.3, -0.25) is 9.59 Å². The molecule has 2 rings (SSSR count). The molecule has 0 aliphatic carbocycles. The molecule has 1 aromatic heterocycles. The third kappa shape index (κ3) is 6.28. The number of ether oxygens (including phenoxy) is 1. The van der Waals surface area contributed by atoms with Crippen LogP contribution in [0.4, 0.5) is 0 Å². The molecule has 0 aliphatic heterocycles. The van der Waals surface area contributed by atoms with Gasteiger partial charge in [-0.05, 0) is 38.0 Å². The van der Waals surface area contributed by atoms with E-state index in [-0.39, 0.29) is 11.5 Å². The van der Waals surface area contributed by atoms with Crippen molar-refractivity contribution in [3.63, 3.8) is 0 Å². The van der Waals surface area contributed by atoms with Crippen LogP contribution in [0.5, 0.6) is 5.75 Å². The van der Waals surface area contributed by atoms with Crippen molar-refractivity contribution < 1.29 is 9.53 Å². The molecule has 24 heavy (non-hydrogen) atoms. The summed E-state index contributed by atoms with van der Waals surface area (Å²) in [5, 5.41) is 2.87. The van der Waals surface area contributed by atoms with Gasteiger partial charge in [0.15, 0.2) is 0 Å². The quantitative estimate of drug-likeness (QED) is 0.720. The number of amides is 1. The highest BCUT2D eigenvalue weighted by molar-refractivity contribution is 5.75. The molecule has 1 amide bonds. The number of pyridine rings is 1. The first-order valence-electron chi connectivity index (χ1n) is 8.27. The number of carbonyl (C=O) groups is 1. The van der Waals surface area contributed by atoms with Gasteiger partial charge >= 0.3 is 0 Å². The van der Waals surface area contributed by atoms with Gasteiger partial charge in [-0.25, -0.2) is 0 Å². The number of nitrogens with one attached hydrogen (secondary N) is 1. The molecular formula is C19H24N2O3. The highest BCUT2D eigenvalue weighted by Crippen LogP contribution is 2.11. The molecule has 128 valence electrons. The Balaban J connectivity index is 1.54. The van der Waals surface area contributed by atoms with Crippen LogP contribution < -0.4 is 15.6 Å². The van der Waals surface area contributed by atoms with E-state index in [9.17, 15) is 9.59 Å². The lowest BCUT2D eigenvalue weighted by atomic mass is 10.2. The lowest BCUT2D eigenvalue weighted by Crippen LogP contribution is -2.27. The van der Waals surface area contributed by atoms with Crippen molar-refractivity contribution in [3.8, 4) is 5.75 Å². The van der Waals surface area contributed by atoms with E-state index in [0.717, 1.165) is 18.6 Å². The van der Waals surface area contributed by atoms with Gasteiger partial charge in [-0.15, -0.1) is 0 Å². The summed E-state index contributed by atoms with van der Waals surface area (Å²) < 4.78 is 7.17. The molecule has 0 radical (unpaired) electrons. The van der Waals surface area contributed by atoms with E-state index in [1.807, 2.05) is 31.2 Å². The van der Waals surface area contributed by atoms with Gasteiger partial charge in [0.25, 0.3) is 5.56 Å². The first-order valence-corrected chi connectivity index (χ1v) is 8.27. The number of carbonyl (C=O) groups excluding carboxylic acids is 1. The predicted octanol–water partition coefficient (Wildman–Crippen LogP) is 2.52. The third-order valence-corrected chi connectivity index (χ3v) is 3.66. The van der Waals surface area contributed by atoms with Gasteiger partial charge in [-0.1, -0.05) is 23.8 Å². The second kappa shape index (κ2) is 9.55. The zero-order valence-corrected chi connectivity index (χ0v) is 14.0. The maximum atomic E-state index is 11.8. The Hall–Kier alpha value is -2.56. The Morgan fingerprint density at radius 2 is 1.92 bits per heavy atom. The average molecular weight is 328 g/mol. The van der Waals surface area contributed by atoms with E-state index in [1.165, 1.54) is 16.2 Å². The highest BCUT2D eigenvalue weighted by Gasteiger charge is 2.02. The minimum Gasteiger partial charge on any atom is -0.494 e. The van der Waals surface area contributed by atoms with E-state index >= 15 is 0 Å². The third-order valence-electron chi connectivity index (χ3n) is 3.66. The van der Waals surface area contributed by atoms with Gasteiger partial charge in [0.1, 0.15) is 5.75 Å². The molecule has 2 aromatic rings. The molecule has 0 saturated carbocycles. The second-order valence-electron chi connectivity index (χ2n) is 5.70. The van der Waals surface area contributed by atoms with E-state index in [2.05, 4.69) is 5.32 Å². The normalized spacial score (nSPS) is 10.4. The van der Waals surface area contributed by atoms with Crippen molar-refractivity contribution in [3.05, 3.63) is 64.6 Å². The molecule has 0 unspecified atom stereocenters. The molecular weight excluding hydrogens is 304 g/mol. The number of benzene rings is 1. The maximum absolute atomic E-state index is 11.8. The molecule has 0 spiro atoms. The Labute approximate surface area is 142 Å². The number of hydrogen-bond donors (Lipinski definition) is 1. The standard InChI is InChI=1S/C19H24N2O3/c1-16-7-9-17(10-8-16)24-15-5-3-12-20-18(22)11-14-21-13-4-2-6-19(21)23/h2,4,6-10,13H,3,5,11-12,14-15H2,1H3,(H,20,22). The Morgan fingerprint density at radius 3 is 2.67 bits per heavy atom. The minimum absolute atomic E-state index is 0.0368. The van der Waals surface area contributed by atoms with Crippen LogP contribution in [0.1, 0.15) is 24.8 Å². The lowest BCUT2D eigenvalue weighted by molar-refractivity contribution is -0.121. The molecule has 1 heterocycles. The van der Waals surface area contributed by atoms with E-state index in [1.54, 1.807) is 18.3 Å². The number of unbranched alkanes of at least 4 members (excludes halogenated alkanes) is 1. The Bertz CT molecular complexity index is 692. The monoisotopic (exact) mass is 328 g/mol. The summed E-state index contributed by atoms with van der Waals surface area (Å²) in [4.78, 5) is 23.3. The van der Waals surface area contributed by atoms with E-state index < -0.39 is 0 Å². The SMILES string of the molecule is Cc1ccc(OCCCCNC(=O)CCn2ccccc2=O)cc1. The minimum atomic E-state index is -0.0847. The zero-order chi connectivity index (χ0) is 17.2. The molecule has 0 bridgehead atoms. The van der Waals surface area contributed by atoms with Crippen LogP contribution in [0.3, 0.4) is 0 Å². The summed E-state index contributed by atoms with van der Waals surface area (Å²) in [7, 11) is 0. The first kappa shape index (κ1) is 17.8. The molecule has 0 atom stereocenters. The first-order chi connectivity index (χ1) is 11.6. The zero-order valence-electron chi connectivity index (χ0n) is 14.0. The second-order valence-corrected chi connectivity index (χ2v) is 5.70. The summed E-state index contributed by atoms with van der Waals surface area (Å²) in [5.74, 6) is 0.836. The molecule has 0 saturated heterocycles. The number of aromatic nitrogens is 1. The fourth-order valence-corrected chi connectivity index (χ4v) is 2.24. The van der Waals surface area contributed by atoms with Gasteiger partial charge in [0, 0.05) is 31.8 Å². The molecule has 5 nitrogen and oxygen atoms in total. The summed E-state index contributed by atoms with van der Waals surface area (Å²) >= 11 is 0. The molecule has 1 aromatic carbocycles. The molecule has 0 fully saturated rings. The Morgan fingerprint density at radius 1 is 1.12 bits per heavy atom. The largest absolute Gasteiger partial charge is 0.494 e. The van der Waals surface area contributed by atoms with Crippen LogP contribution in [0.25, 0.3) is 0 Å². The van der Waals surface area contributed by atoms with Crippen molar-refractivity contribution in [2.75, 3.05) is 13.2 Å². The van der Waals surface area contributed by atoms with Crippen LogP contribution in [0, 0.1) is 6.92 Å². The maximum Gasteiger partial charge on any atom is 0.250 e. The number of nitrogens with zero attached hydrogens (tertiary/aromatic N) is 1. The van der Waals surface area contributed by atoms with Crippen molar-refractivity contribution in [1.82, 2.24) is 9.88 Å². The van der Waals surface area contributed by atoms with Gasteiger partial charge in [0.05, 0.1) is 6.61 Å². The topological polar surface area (TPSA) is 60.3 Å². The lowest BCUT2D eigenvalue weighted by Gasteiger charge is -2.08. The summed E-state index contributed by atoms with van der Waals surface area (Å²) in [6.07, 6.45) is 3.75. The van der Waals surface area contributed by atoms with E-state index in [4.69, 9.17) is 4.74 Å². The molecule has 5 heteroatoms. The van der Waals surface area contributed by atoms with Crippen LogP contribution in [0.15, 0.2) is 53.5 Å². The van der Waals surface area contributed by atoms with Crippen molar-refractivity contribution in [2.45, 2.75) is 32.7 Å². The number of aryl methyl sites for hydroxylation is 2. The summed E-state index contributed by atoms with van der Waals surface area (Å²) in [6, 6.07) is 12.9. The summed E-state index contributed by atoms with van der Waals surface area (Å²) in [5.41, 5.74) is 1.13. The van der Waals surface area contributed by atoms with Crippen LogP contribution in [-0.2, 0) is 11.3 Å². The summed E-state index contributed by atoms with van der Waals surface area (Å²) in [6.45, 7) is 3.71. The average Bonchev–Trinajstić information content (AvgIpc) is 2.59. The van der Waals surface area contributed by atoms with Gasteiger partial charge < -0.3 is 14.6 Å². The fraction of sp³-hybridized carbons (Fsp3) is 0.368. The van der Waals surface area contributed by atoms with Crippen LogP contribution in [0.2, 0.25) is 0 Å². The molecule has 1 N–H and O–H groups in total. The van der Waals surface area contributed by atoms with Crippen molar-refractivity contribution >= 4 is 5.91 Å². The van der Waals surface area contributed by atoms with E-state index in [0.29, 0.717) is 26.1 Å². The molecule has 0 aliphatic rings. The van der Waals surface area contributed by atoms with Crippen LogP contribution >= 0.6 is 0 Å². The smallest absolute Gasteiger partial charge is 0.250 e. The predicted molar refractivity (Wildman–Crippen MR) is 94.2 cm³/mol. The van der Waals surface area contributed by atoms with Crippen molar-refractivity contribution in [1.29, 1.82) is 0 Å². The van der Waals surface area contributed by atoms with Gasteiger partial charge in [-0.2, -0.15) is 0 Å². The fourth-order valence-electron chi connectivity index (χ4n) is 2.24. The van der Waals surface area contributed by atoms with Crippen molar-refractivity contribution in [2.24, 2.45) is 0 Å². The highest BCUT2D eigenvalue weighted by atomic mass is 16.5. The number of rotatable bonds is 9. The van der Waals surface area contributed by atoms with Gasteiger partial charge in [0.2, 0.25) is 5.91 Å². The number of hydrogen-bond acceptors (Lipinski definition) is 3. The Kier molecular flexibility index (Phi) is 7.08. The van der Waals surface area contributed by atoms with Crippen LogP contribution in [-0.4, -0.2) is 23.6 Å².